The Bertz CT molecular complexity index is 1160. The maximum absolute atomic E-state index is 13.5. The highest BCUT2D eigenvalue weighted by atomic mass is 35.5. The topological polar surface area (TPSA) is 96.0 Å². The first-order valence-corrected chi connectivity index (χ1v) is 13.6. The molecule has 35 heavy (non-hydrogen) atoms. The number of nitrogens with zero attached hydrogens (tertiary/aromatic N) is 2. The summed E-state index contributed by atoms with van der Waals surface area (Å²) in [4.78, 5) is 27.7. The maximum atomic E-state index is 13.5. The molecule has 2 aromatic carbocycles. The lowest BCUT2D eigenvalue weighted by Gasteiger charge is -2.32. The van der Waals surface area contributed by atoms with Gasteiger partial charge < -0.3 is 15.0 Å². The second-order valence-electron chi connectivity index (χ2n) is 8.55. The molecule has 0 aromatic heterocycles. The second kappa shape index (κ2) is 12.5. The van der Waals surface area contributed by atoms with Gasteiger partial charge >= 0.3 is 0 Å². The van der Waals surface area contributed by atoms with Crippen molar-refractivity contribution >= 4 is 50.7 Å². The number of methoxy groups -OCH3 is 1. The Labute approximate surface area is 217 Å². The lowest BCUT2D eigenvalue weighted by atomic mass is 10.1. The number of sulfonamides is 1. The predicted octanol–water partition coefficient (Wildman–Crippen LogP) is 3.96. The fourth-order valence-electron chi connectivity index (χ4n) is 3.28. The van der Waals surface area contributed by atoms with Crippen LogP contribution in [-0.2, 0) is 26.2 Å². The van der Waals surface area contributed by atoms with Crippen LogP contribution < -0.4 is 14.4 Å². The van der Waals surface area contributed by atoms with Crippen molar-refractivity contribution in [2.24, 2.45) is 5.92 Å². The molecule has 2 rings (SSSR count). The van der Waals surface area contributed by atoms with E-state index in [4.69, 9.17) is 27.9 Å². The zero-order chi connectivity index (χ0) is 26.3. The molecule has 0 aliphatic carbocycles. The minimum Gasteiger partial charge on any atom is -0.497 e. The Hall–Kier alpha value is -2.49. The van der Waals surface area contributed by atoms with Gasteiger partial charge in [-0.05, 0) is 48.7 Å². The van der Waals surface area contributed by atoms with Crippen molar-refractivity contribution in [3.63, 3.8) is 0 Å². The van der Waals surface area contributed by atoms with Crippen LogP contribution in [0, 0.1) is 5.92 Å². The molecule has 0 heterocycles. The molecular formula is C24H31Cl2N3O5S. The number of ether oxygens (including phenoxy) is 1. The first-order chi connectivity index (χ1) is 16.3. The van der Waals surface area contributed by atoms with Crippen LogP contribution in [0.25, 0.3) is 0 Å². The van der Waals surface area contributed by atoms with Gasteiger partial charge in [-0.1, -0.05) is 49.2 Å². The van der Waals surface area contributed by atoms with Crippen LogP contribution in [0.15, 0.2) is 42.5 Å². The highest BCUT2D eigenvalue weighted by Crippen LogP contribution is 2.30. The van der Waals surface area contributed by atoms with Crippen LogP contribution >= 0.6 is 23.2 Å². The summed E-state index contributed by atoms with van der Waals surface area (Å²) < 4.78 is 31.4. The second-order valence-corrected chi connectivity index (χ2v) is 11.3. The van der Waals surface area contributed by atoms with Crippen LogP contribution in [0.1, 0.15) is 26.3 Å². The van der Waals surface area contributed by atoms with E-state index in [1.807, 2.05) is 13.8 Å². The summed E-state index contributed by atoms with van der Waals surface area (Å²) in [6.07, 6.45) is 0.983. The van der Waals surface area contributed by atoms with Crippen LogP contribution in [0.3, 0.4) is 0 Å². The van der Waals surface area contributed by atoms with Gasteiger partial charge in [0.05, 0.1) is 24.1 Å². The molecule has 1 N–H and O–H groups in total. The highest BCUT2D eigenvalue weighted by molar-refractivity contribution is 7.92. The zero-order valence-electron chi connectivity index (χ0n) is 20.4. The van der Waals surface area contributed by atoms with Crippen LogP contribution in [0.5, 0.6) is 5.75 Å². The molecule has 11 heteroatoms. The van der Waals surface area contributed by atoms with Crippen LogP contribution in [0.2, 0.25) is 10.0 Å². The van der Waals surface area contributed by atoms with Crippen molar-refractivity contribution in [2.45, 2.75) is 33.4 Å². The number of rotatable bonds is 11. The minimum atomic E-state index is -3.90. The molecule has 8 nitrogen and oxygen atoms in total. The molecule has 0 fully saturated rings. The molecule has 0 saturated carbocycles. The van der Waals surface area contributed by atoms with Crippen molar-refractivity contribution in [1.82, 2.24) is 10.2 Å². The standard InChI is InChI=1S/C24H31Cl2N3O5S/c1-16(2)13-27-24(31)17(3)28(14-18-7-6-8-20(11-18)34-4)23(30)15-29(35(5,32)33)22-10-9-19(25)12-21(22)26/h6-12,16-17H,13-15H2,1-5H3,(H,27,31). The lowest BCUT2D eigenvalue weighted by molar-refractivity contribution is -0.139. The van der Waals surface area contributed by atoms with Crippen LogP contribution in [0.4, 0.5) is 5.69 Å². The third-order valence-corrected chi connectivity index (χ3v) is 6.86. The maximum Gasteiger partial charge on any atom is 0.244 e. The number of amides is 2. The first-order valence-electron chi connectivity index (χ1n) is 11.0. The fraction of sp³-hybridized carbons (Fsp3) is 0.417. The van der Waals surface area contributed by atoms with E-state index >= 15 is 0 Å². The lowest BCUT2D eigenvalue weighted by Crippen LogP contribution is -2.51. The Morgan fingerprint density at radius 1 is 1.09 bits per heavy atom. The summed E-state index contributed by atoms with van der Waals surface area (Å²) in [5, 5.41) is 3.24. The number of halogens is 2. The zero-order valence-corrected chi connectivity index (χ0v) is 22.7. The average Bonchev–Trinajstić information content (AvgIpc) is 2.78. The number of benzene rings is 2. The fourth-order valence-corrected chi connectivity index (χ4v) is 4.70. The molecule has 0 spiro atoms. The van der Waals surface area contributed by atoms with Crippen molar-refractivity contribution in [3.05, 3.63) is 58.1 Å². The van der Waals surface area contributed by atoms with E-state index in [0.717, 1.165) is 16.1 Å². The monoisotopic (exact) mass is 543 g/mol. The Balaban J connectivity index is 2.41. The van der Waals surface area contributed by atoms with Gasteiger partial charge in [0.15, 0.2) is 0 Å². The van der Waals surface area contributed by atoms with Crippen molar-refractivity contribution in [2.75, 3.05) is 30.8 Å². The van der Waals surface area contributed by atoms with E-state index in [0.29, 0.717) is 17.3 Å². The molecule has 0 radical (unpaired) electrons. The molecular weight excluding hydrogens is 513 g/mol. The van der Waals surface area contributed by atoms with E-state index in [1.54, 1.807) is 31.2 Å². The quantitative estimate of drug-likeness (QED) is 0.462. The van der Waals surface area contributed by atoms with Gasteiger partial charge in [0.1, 0.15) is 18.3 Å². The van der Waals surface area contributed by atoms with Gasteiger partial charge in [-0.15, -0.1) is 0 Å². The molecule has 2 amide bonds. The normalized spacial score (nSPS) is 12.2. The van der Waals surface area contributed by atoms with Crippen molar-refractivity contribution in [1.29, 1.82) is 0 Å². The molecule has 0 bridgehead atoms. The molecule has 1 atom stereocenters. The van der Waals surface area contributed by atoms with Crippen molar-refractivity contribution in [3.8, 4) is 5.75 Å². The minimum absolute atomic E-state index is 0.0677. The number of hydrogen-bond acceptors (Lipinski definition) is 5. The largest absolute Gasteiger partial charge is 0.497 e. The third-order valence-electron chi connectivity index (χ3n) is 5.20. The molecule has 0 aliphatic rings. The Morgan fingerprint density at radius 2 is 1.77 bits per heavy atom. The summed E-state index contributed by atoms with van der Waals surface area (Å²) in [5.41, 5.74) is 0.835. The molecule has 192 valence electrons. The van der Waals surface area contributed by atoms with Gasteiger partial charge in [-0.2, -0.15) is 0 Å². The van der Waals surface area contributed by atoms with E-state index in [1.165, 1.54) is 30.2 Å². The average molecular weight is 545 g/mol. The highest BCUT2D eigenvalue weighted by Gasteiger charge is 2.31. The summed E-state index contributed by atoms with van der Waals surface area (Å²) in [7, 11) is -2.36. The van der Waals surface area contributed by atoms with Gasteiger partial charge in [0, 0.05) is 18.1 Å². The van der Waals surface area contributed by atoms with E-state index < -0.39 is 28.5 Å². The van der Waals surface area contributed by atoms with E-state index in [9.17, 15) is 18.0 Å². The Kier molecular flexibility index (Phi) is 10.2. The van der Waals surface area contributed by atoms with Gasteiger partial charge in [0.2, 0.25) is 21.8 Å². The van der Waals surface area contributed by atoms with Gasteiger partial charge in [-0.25, -0.2) is 8.42 Å². The smallest absolute Gasteiger partial charge is 0.244 e. The summed E-state index contributed by atoms with van der Waals surface area (Å²) >= 11 is 12.2. The van der Waals surface area contributed by atoms with Crippen molar-refractivity contribution < 1.29 is 22.7 Å². The molecule has 2 aromatic rings. The SMILES string of the molecule is COc1cccc(CN(C(=O)CN(c2ccc(Cl)cc2Cl)S(C)(=O)=O)C(C)C(=O)NCC(C)C)c1. The summed E-state index contributed by atoms with van der Waals surface area (Å²) in [6.45, 7) is 5.49. The number of anilines is 1. The van der Waals surface area contributed by atoms with Gasteiger partial charge in [0.25, 0.3) is 0 Å². The predicted molar refractivity (Wildman–Crippen MR) is 140 cm³/mol. The van der Waals surface area contributed by atoms with E-state index in [2.05, 4.69) is 5.32 Å². The molecule has 0 saturated heterocycles. The Morgan fingerprint density at radius 3 is 2.34 bits per heavy atom. The summed E-state index contributed by atoms with van der Waals surface area (Å²) in [5.74, 6) is -0.0965. The first kappa shape index (κ1) is 28.7. The summed E-state index contributed by atoms with van der Waals surface area (Å²) in [6, 6.07) is 10.5. The third kappa shape index (κ3) is 8.30. The number of carbonyl (C=O) groups excluding carboxylic acids is 2. The van der Waals surface area contributed by atoms with Gasteiger partial charge in [-0.3, -0.25) is 13.9 Å². The number of carbonyl (C=O) groups is 2. The molecule has 0 aliphatic heterocycles. The van der Waals surface area contributed by atoms with Crippen LogP contribution in [-0.4, -0.2) is 57.6 Å². The number of nitrogens with one attached hydrogen (secondary N) is 1. The van der Waals surface area contributed by atoms with E-state index in [-0.39, 0.29) is 29.1 Å². The molecule has 1 unspecified atom stereocenters. The number of hydrogen-bond donors (Lipinski definition) is 1.